The van der Waals surface area contributed by atoms with Gasteiger partial charge in [0.1, 0.15) is 0 Å². The number of aromatic amines is 1. The van der Waals surface area contributed by atoms with E-state index in [-0.39, 0.29) is 5.88 Å². The molecule has 3 rings (SSSR count). The quantitative estimate of drug-likeness (QED) is 0.592. The molecule has 21 heavy (non-hydrogen) atoms. The molecule has 0 radical (unpaired) electrons. The zero-order valence-electron chi connectivity index (χ0n) is 11.2. The van der Waals surface area contributed by atoms with Crippen LogP contribution in [0, 0.1) is 6.92 Å². The zero-order valence-corrected chi connectivity index (χ0v) is 13.5. The molecule has 106 valence electrons. The lowest BCUT2D eigenvalue weighted by molar-refractivity contribution is 0.457. The third-order valence-corrected chi connectivity index (χ3v) is 4.25. The van der Waals surface area contributed by atoms with E-state index in [1.807, 2.05) is 43.3 Å². The first-order valence-corrected chi connectivity index (χ1v) is 7.53. The van der Waals surface area contributed by atoms with E-state index in [9.17, 15) is 5.11 Å². The van der Waals surface area contributed by atoms with Crippen molar-refractivity contribution >= 4 is 50.3 Å². The van der Waals surface area contributed by atoms with Crippen molar-refractivity contribution in [3.8, 4) is 5.88 Å². The molecule has 0 aliphatic rings. The van der Waals surface area contributed by atoms with Gasteiger partial charge >= 0.3 is 0 Å². The maximum Gasteiger partial charge on any atom is 0.198 e. The zero-order chi connectivity index (χ0) is 15.0. The summed E-state index contributed by atoms with van der Waals surface area (Å²) in [5, 5.41) is 11.6. The number of aliphatic imine (C=N–C) groups is 1. The molecule has 1 heterocycles. The number of rotatable bonds is 2. The number of H-pyrrole nitrogens is 1. The summed E-state index contributed by atoms with van der Waals surface area (Å²) < 4.78 is 0.947. The van der Waals surface area contributed by atoms with Crippen LogP contribution in [-0.4, -0.2) is 16.3 Å². The molecule has 0 saturated carbocycles. The lowest BCUT2D eigenvalue weighted by atomic mass is 10.2. The Balaban J connectivity index is 2.09. The summed E-state index contributed by atoms with van der Waals surface area (Å²) in [6.45, 7) is 1.92. The van der Waals surface area contributed by atoms with Crippen molar-refractivity contribution in [2.24, 2.45) is 4.99 Å². The molecule has 5 heteroatoms. The summed E-state index contributed by atoms with van der Waals surface area (Å²) in [5.74, 6) is 0.103. The van der Waals surface area contributed by atoms with Crippen LogP contribution in [0.15, 0.2) is 45.9 Å². The van der Waals surface area contributed by atoms with E-state index < -0.39 is 0 Å². The molecule has 0 aliphatic heterocycles. The average Bonchev–Trinajstić information content (AvgIpc) is 2.76. The summed E-state index contributed by atoms with van der Waals surface area (Å²) in [6, 6.07) is 11.3. The largest absolute Gasteiger partial charge is 0.494 e. The molecule has 0 atom stereocenters. The number of nitrogens with zero attached hydrogens (tertiary/aromatic N) is 1. The number of hydrogen-bond acceptors (Lipinski definition) is 2. The molecule has 3 aromatic rings. The van der Waals surface area contributed by atoms with Crippen LogP contribution >= 0.6 is 27.5 Å². The summed E-state index contributed by atoms with van der Waals surface area (Å²) >= 11 is 9.52. The highest BCUT2D eigenvalue weighted by Crippen LogP contribution is 2.30. The highest BCUT2D eigenvalue weighted by Gasteiger charge is 2.09. The van der Waals surface area contributed by atoms with Crippen molar-refractivity contribution in [3.63, 3.8) is 0 Å². The lowest BCUT2D eigenvalue weighted by Gasteiger charge is -2.01. The Morgan fingerprint density at radius 1 is 1.29 bits per heavy atom. The minimum absolute atomic E-state index is 0.103. The van der Waals surface area contributed by atoms with E-state index in [4.69, 9.17) is 11.6 Å². The van der Waals surface area contributed by atoms with Crippen LogP contribution in [0.2, 0.25) is 5.02 Å². The average molecular weight is 364 g/mol. The van der Waals surface area contributed by atoms with Gasteiger partial charge in [-0.05, 0) is 42.8 Å². The SMILES string of the molecule is Cc1c(Cl)cccc1N=Cc1c(O)[nH]c2ccc(Br)cc12. The molecular formula is C16H12BrClN2O. The van der Waals surface area contributed by atoms with Crippen molar-refractivity contribution in [1.82, 2.24) is 4.98 Å². The van der Waals surface area contributed by atoms with Gasteiger partial charge in [-0.15, -0.1) is 0 Å². The van der Waals surface area contributed by atoms with Crippen molar-refractivity contribution in [3.05, 3.63) is 57.0 Å². The van der Waals surface area contributed by atoms with Gasteiger partial charge in [-0.3, -0.25) is 4.99 Å². The number of hydrogen-bond donors (Lipinski definition) is 2. The van der Waals surface area contributed by atoms with Gasteiger partial charge in [0, 0.05) is 26.6 Å². The highest BCUT2D eigenvalue weighted by atomic mass is 79.9. The highest BCUT2D eigenvalue weighted by molar-refractivity contribution is 9.10. The van der Waals surface area contributed by atoms with Crippen molar-refractivity contribution in [1.29, 1.82) is 0 Å². The van der Waals surface area contributed by atoms with Crippen LogP contribution in [0.4, 0.5) is 5.69 Å². The van der Waals surface area contributed by atoms with E-state index >= 15 is 0 Å². The second-order valence-corrected chi connectivity index (χ2v) is 6.04. The van der Waals surface area contributed by atoms with Gasteiger partial charge in [-0.25, -0.2) is 0 Å². The van der Waals surface area contributed by atoms with Gasteiger partial charge in [0.25, 0.3) is 0 Å². The van der Waals surface area contributed by atoms with Gasteiger partial charge in [-0.1, -0.05) is 33.6 Å². The summed E-state index contributed by atoms with van der Waals surface area (Å²) in [4.78, 5) is 7.38. The molecule has 0 unspecified atom stereocenters. The van der Waals surface area contributed by atoms with Gasteiger partial charge in [-0.2, -0.15) is 0 Å². The number of aromatic hydroxyl groups is 1. The van der Waals surface area contributed by atoms with Gasteiger partial charge in [0.2, 0.25) is 0 Å². The van der Waals surface area contributed by atoms with Crippen molar-refractivity contribution in [2.75, 3.05) is 0 Å². The first-order chi connectivity index (χ1) is 10.1. The van der Waals surface area contributed by atoms with Crippen molar-refractivity contribution < 1.29 is 5.11 Å². The van der Waals surface area contributed by atoms with E-state index in [1.165, 1.54) is 0 Å². The fourth-order valence-electron chi connectivity index (χ4n) is 2.17. The molecule has 1 aromatic heterocycles. The molecule has 3 nitrogen and oxygen atoms in total. The maximum absolute atomic E-state index is 10.0. The molecule has 0 fully saturated rings. The number of aromatic nitrogens is 1. The van der Waals surface area contributed by atoms with E-state index in [0.717, 1.165) is 26.6 Å². The Labute approximate surface area is 135 Å². The number of nitrogens with one attached hydrogen (secondary N) is 1. The first-order valence-electron chi connectivity index (χ1n) is 6.35. The van der Waals surface area contributed by atoms with Crippen LogP contribution in [-0.2, 0) is 0 Å². The Kier molecular flexibility index (Phi) is 3.74. The van der Waals surface area contributed by atoms with Crippen LogP contribution in [0.1, 0.15) is 11.1 Å². The van der Waals surface area contributed by atoms with Crippen LogP contribution < -0.4 is 0 Å². The third-order valence-electron chi connectivity index (χ3n) is 3.35. The molecule has 0 saturated heterocycles. The number of benzene rings is 2. The van der Waals surface area contributed by atoms with Gasteiger partial charge < -0.3 is 10.1 Å². The molecule has 2 aromatic carbocycles. The van der Waals surface area contributed by atoms with Gasteiger partial charge in [0.05, 0.1) is 11.3 Å². The molecule has 0 aliphatic carbocycles. The Morgan fingerprint density at radius 3 is 2.90 bits per heavy atom. The third kappa shape index (κ3) is 2.69. The Hall–Kier alpha value is -1.78. The number of fused-ring (bicyclic) bond motifs is 1. The van der Waals surface area contributed by atoms with E-state index in [1.54, 1.807) is 6.21 Å². The maximum atomic E-state index is 10.0. The minimum Gasteiger partial charge on any atom is -0.494 e. The predicted octanol–water partition coefficient (Wildman–Crippen LogP) is 5.35. The molecule has 0 spiro atoms. The molecule has 0 amide bonds. The van der Waals surface area contributed by atoms with Crippen LogP contribution in [0.25, 0.3) is 10.9 Å². The van der Waals surface area contributed by atoms with Gasteiger partial charge in [0.15, 0.2) is 5.88 Å². The van der Waals surface area contributed by atoms with E-state index in [2.05, 4.69) is 25.9 Å². The minimum atomic E-state index is 0.103. The smallest absolute Gasteiger partial charge is 0.198 e. The van der Waals surface area contributed by atoms with Crippen LogP contribution in [0.3, 0.4) is 0 Å². The number of halogens is 2. The molecule has 0 bridgehead atoms. The Bertz CT molecular complexity index is 855. The standard InChI is InChI=1S/C16H12BrClN2O/c1-9-13(18)3-2-4-14(9)19-8-12-11-7-10(17)5-6-15(11)20-16(12)21/h2-8,20-21H,1H3. The van der Waals surface area contributed by atoms with Crippen LogP contribution in [0.5, 0.6) is 5.88 Å². The second-order valence-electron chi connectivity index (χ2n) is 4.72. The molecule has 2 N–H and O–H groups in total. The summed E-state index contributed by atoms with van der Waals surface area (Å²) in [6.07, 6.45) is 1.65. The second kappa shape index (κ2) is 5.54. The monoisotopic (exact) mass is 362 g/mol. The normalized spacial score (nSPS) is 11.6. The molecular weight excluding hydrogens is 352 g/mol. The topological polar surface area (TPSA) is 48.4 Å². The summed E-state index contributed by atoms with van der Waals surface area (Å²) in [7, 11) is 0. The predicted molar refractivity (Wildman–Crippen MR) is 91.1 cm³/mol. The van der Waals surface area contributed by atoms with Crippen molar-refractivity contribution in [2.45, 2.75) is 6.92 Å². The summed E-state index contributed by atoms with van der Waals surface area (Å²) in [5.41, 5.74) is 3.22. The first kappa shape index (κ1) is 14.2. The fraction of sp³-hybridized carbons (Fsp3) is 0.0625. The Morgan fingerprint density at radius 2 is 2.10 bits per heavy atom. The fourth-order valence-corrected chi connectivity index (χ4v) is 2.70. The van der Waals surface area contributed by atoms with E-state index in [0.29, 0.717) is 10.6 Å². The lowest BCUT2D eigenvalue weighted by Crippen LogP contribution is -1.81.